The molecule has 1 saturated heterocycles. The van der Waals surface area contributed by atoms with Crippen LogP contribution >= 0.6 is 11.3 Å². The summed E-state index contributed by atoms with van der Waals surface area (Å²) in [7, 11) is 0. The van der Waals surface area contributed by atoms with E-state index in [1.807, 2.05) is 0 Å². The summed E-state index contributed by atoms with van der Waals surface area (Å²) in [4.78, 5) is 11.8. The van der Waals surface area contributed by atoms with Gasteiger partial charge in [-0.15, -0.1) is 11.3 Å². The quantitative estimate of drug-likeness (QED) is 0.468. The molecule has 0 radical (unpaired) electrons. The Kier molecular flexibility index (Phi) is 6.14. The van der Waals surface area contributed by atoms with E-state index in [1.165, 1.54) is 28.6 Å². The third-order valence-electron chi connectivity index (χ3n) is 6.55. The van der Waals surface area contributed by atoms with Crippen LogP contribution in [0.2, 0.25) is 0 Å². The highest BCUT2D eigenvalue weighted by Crippen LogP contribution is 2.33. The smallest absolute Gasteiger partial charge is 0.367 e. The van der Waals surface area contributed by atoms with Gasteiger partial charge in [0.15, 0.2) is 0 Å². The second-order valence-electron chi connectivity index (χ2n) is 9.17. The van der Waals surface area contributed by atoms with Crippen molar-refractivity contribution in [2.45, 2.75) is 57.3 Å². The number of anilines is 1. The number of fused-ring (bicyclic) bond motifs is 2. The molecule has 1 N–H and O–H groups in total. The van der Waals surface area contributed by atoms with Crippen LogP contribution in [0.4, 0.5) is 19.0 Å². The molecule has 2 aliphatic rings. The number of likely N-dealkylation sites (tertiary alicyclic amines) is 1. The number of alkyl halides is 3. The van der Waals surface area contributed by atoms with Crippen molar-refractivity contribution >= 4 is 27.4 Å². The number of hydrogen-bond donors (Lipinski definition) is 1. The van der Waals surface area contributed by atoms with Crippen LogP contribution in [0.1, 0.15) is 40.8 Å². The summed E-state index contributed by atoms with van der Waals surface area (Å²) in [5.74, 6) is 0.638. The number of aromatic nitrogens is 2. The van der Waals surface area contributed by atoms with Gasteiger partial charge in [0, 0.05) is 30.6 Å². The lowest BCUT2D eigenvalue weighted by atomic mass is 9.87. The Morgan fingerprint density at radius 3 is 2.70 bits per heavy atom. The summed E-state index contributed by atoms with van der Waals surface area (Å²) in [5, 5.41) is 4.15. The topological polar surface area (TPSA) is 41.0 Å². The van der Waals surface area contributed by atoms with E-state index in [4.69, 9.17) is 0 Å². The van der Waals surface area contributed by atoms with Crippen LogP contribution in [0.5, 0.6) is 0 Å². The summed E-state index contributed by atoms with van der Waals surface area (Å²) in [6.45, 7) is 7.03. The Hall–Kier alpha value is -2.45. The van der Waals surface area contributed by atoms with Crippen molar-refractivity contribution in [3.63, 3.8) is 0 Å². The third kappa shape index (κ3) is 5.38. The average molecular weight is 473 g/mol. The van der Waals surface area contributed by atoms with E-state index < -0.39 is 12.6 Å². The van der Waals surface area contributed by atoms with Crippen LogP contribution in [-0.4, -0.2) is 40.2 Å². The van der Waals surface area contributed by atoms with E-state index in [0.717, 1.165) is 63.1 Å². The van der Waals surface area contributed by atoms with Crippen LogP contribution < -0.4 is 5.32 Å². The fraction of sp³-hybridized carbons (Fsp3) is 0.440. The molecule has 1 aliphatic heterocycles. The van der Waals surface area contributed by atoms with Gasteiger partial charge >= 0.3 is 6.18 Å². The minimum atomic E-state index is -4.22. The Bertz CT molecular complexity index is 1160. The molecule has 1 aromatic carbocycles. The first-order chi connectivity index (χ1) is 15.8. The van der Waals surface area contributed by atoms with Gasteiger partial charge in [0.25, 0.3) is 0 Å². The number of hydrogen-bond acceptors (Lipinski definition) is 5. The third-order valence-corrected chi connectivity index (χ3v) is 7.59. The Morgan fingerprint density at radius 1 is 1.09 bits per heavy atom. The molecule has 2 aromatic heterocycles. The largest absolute Gasteiger partial charge is 0.393 e. The molecule has 3 aromatic rings. The van der Waals surface area contributed by atoms with E-state index in [0.29, 0.717) is 16.0 Å². The maximum atomic E-state index is 12.8. The molecule has 0 atom stereocenters. The normalized spacial score (nSPS) is 18.0. The maximum absolute atomic E-state index is 12.8. The monoisotopic (exact) mass is 472 g/mol. The maximum Gasteiger partial charge on any atom is 0.393 e. The number of halogens is 3. The SMILES string of the molecule is C=C1CCc2cc(CN3CCC(Nc4ncnc5sc(CC(F)(F)F)cc45)CC3)ccc2C1. The highest BCUT2D eigenvalue weighted by Gasteiger charge is 2.29. The van der Waals surface area contributed by atoms with Crippen LogP contribution in [0.25, 0.3) is 10.2 Å². The lowest BCUT2D eigenvalue weighted by Crippen LogP contribution is -2.38. The average Bonchev–Trinajstić information content (AvgIpc) is 3.17. The van der Waals surface area contributed by atoms with Crippen LogP contribution in [-0.2, 0) is 25.8 Å². The first-order valence-electron chi connectivity index (χ1n) is 11.4. The molecule has 1 fully saturated rings. The lowest BCUT2D eigenvalue weighted by molar-refractivity contribution is -0.126. The van der Waals surface area contributed by atoms with Gasteiger partial charge in [0.2, 0.25) is 0 Å². The summed E-state index contributed by atoms with van der Waals surface area (Å²) in [5.41, 5.74) is 5.57. The fourth-order valence-electron chi connectivity index (χ4n) is 4.84. The van der Waals surface area contributed by atoms with Gasteiger partial charge in [-0.1, -0.05) is 30.4 Å². The standard InChI is InChI=1S/C25H27F3N4S/c1-16-2-4-19-11-17(3-5-18(19)10-16)14-32-8-6-20(7-9-32)31-23-22-12-21(13-25(26,27)28)33-24(22)30-15-29-23/h3,5,11-12,15,20H,1-2,4,6-10,13-14H2,(H,29,30,31). The fourth-order valence-corrected chi connectivity index (χ4v) is 5.87. The van der Waals surface area contributed by atoms with E-state index in [1.54, 1.807) is 6.07 Å². The molecular weight excluding hydrogens is 445 g/mol. The molecular formula is C25H27F3N4S. The molecule has 5 rings (SSSR count). The number of piperidine rings is 1. The number of benzene rings is 1. The molecule has 174 valence electrons. The van der Waals surface area contributed by atoms with Gasteiger partial charge in [-0.25, -0.2) is 9.97 Å². The zero-order valence-electron chi connectivity index (χ0n) is 18.4. The zero-order chi connectivity index (χ0) is 23.0. The van der Waals surface area contributed by atoms with E-state index in [9.17, 15) is 13.2 Å². The Balaban J connectivity index is 1.19. The number of thiophene rings is 1. The second-order valence-corrected chi connectivity index (χ2v) is 10.3. The van der Waals surface area contributed by atoms with E-state index >= 15 is 0 Å². The Labute approximate surface area is 195 Å². The van der Waals surface area contributed by atoms with E-state index in [2.05, 4.69) is 45.0 Å². The van der Waals surface area contributed by atoms with Crippen molar-refractivity contribution in [2.75, 3.05) is 18.4 Å². The summed E-state index contributed by atoms with van der Waals surface area (Å²) in [6, 6.07) is 8.70. The number of allylic oxidation sites excluding steroid dienone is 1. The van der Waals surface area contributed by atoms with Crippen LogP contribution in [0.3, 0.4) is 0 Å². The summed E-state index contributed by atoms with van der Waals surface area (Å²) >= 11 is 1.09. The minimum absolute atomic E-state index is 0.250. The molecule has 0 amide bonds. The van der Waals surface area contributed by atoms with Crippen molar-refractivity contribution < 1.29 is 13.2 Å². The molecule has 0 spiro atoms. The molecule has 0 bridgehead atoms. The van der Waals surface area contributed by atoms with Crippen molar-refractivity contribution in [1.82, 2.24) is 14.9 Å². The predicted octanol–water partition coefficient (Wildman–Crippen LogP) is 5.92. The number of nitrogens with one attached hydrogen (secondary N) is 1. The highest BCUT2D eigenvalue weighted by molar-refractivity contribution is 7.18. The van der Waals surface area contributed by atoms with Crippen molar-refractivity contribution in [3.8, 4) is 0 Å². The van der Waals surface area contributed by atoms with Gasteiger partial charge in [-0.3, -0.25) is 4.90 Å². The van der Waals surface area contributed by atoms with Gasteiger partial charge in [-0.05, 0) is 54.9 Å². The van der Waals surface area contributed by atoms with Crippen LogP contribution in [0, 0.1) is 0 Å². The molecule has 0 unspecified atom stereocenters. The molecule has 33 heavy (non-hydrogen) atoms. The molecule has 1 aliphatic carbocycles. The van der Waals surface area contributed by atoms with Gasteiger partial charge in [0.05, 0.1) is 11.8 Å². The van der Waals surface area contributed by atoms with Gasteiger partial charge in [0.1, 0.15) is 17.0 Å². The Morgan fingerprint density at radius 2 is 1.91 bits per heavy atom. The molecule has 8 heteroatoms. The molecule has 3 heterocycles. The first kappa shape index (κ1) is 22.3. The van der Waals surface area contributed by atoms with Crippen molar-refractivity contribution in [2.24, 2.45) is 0 Å². The molecule has 0 saturated carbocycles. The summed E-state index contributed by atoms with van der Waals surface area (Å²) < 4.78 is 38.3. The number of rotatable bonds is 5. The van der Waals surface area contributed by atoms with Crippen molar-refractivity contribution in [3.05, 3.63) is 64.3 Å². The summed E-state index contributed by atoms with van der Waals surface area (Å²) in [6.07, 6.45) is 1.40. The lowest BCUT2D eigenvalue weighted by Gasteiger charge is -2.33. The second kappa shape index (κ2) is 9.06. The van der Waals surface area contributed by atoms with Crippen molar-refractivity contribution in [1.29, 1.82) is 0 Å². The van der Waals surface area contributed by atoms with E-state index in [-0.39, 0.29) is 10.9 Å². The highest BCUT2D eigenvalue weighted by atomic mass is 32.1. The zero-order valence-corrected chi connectivity index (χ0v) is 19.2. The number of aryl methyl sites for hydroxylation is 1. The number of nitrogens with zero attached hydrogens (tertiary/aromatic N) is 3. The minimum Gasteiger partial charge on any atom is -0.367 e. The predicted molar refractivity (Wildman–Crippen MR) is 127 cm³/mol. The molecule has 4 nitrogen and oxygen atoms in total. The first-order valence-corrected chi connectivity index (χ1v) is 12.2. The van der Waals surface area contributed by atoms with Crippen LogP contribution in [0.15, 0.2) is 42.7 Å². The van der Waals surface area contributed by atoms with Gasteiger partial charge < -0.3 is 5.32 Å². The van der Waals surface area contributed by atoms with Gasteiger partial charge in [-0.2, -0.15) is 13.2 Å².